The van der Waals surface area contributed by atoms with E-state index in [9.17, 15) is 4.79 Å². The molecule has 0 amide bonds. The van der Waals surface area contributed by atoms with E-state index in [1.807, 2.05) is 12.4 Å². The summed E-state index contributed by atoms with van der Waals surface area (Å²) in [6, 6.07) is 13.6. The van der Waals surface area contributed by atoms with Crippen LogP contribution in [0.2, 0.25) is 5.02 Å². The lowest BCUT2D eigenvalue weighted by molar-refractivity contribution is 0.0809. The van der Waals surface area contributed by atoms with Gasteiger partial charge in [0.2, 0.25) is 0 Å². The predicted molar refractivity (Wildman–Crippen MR) is 112 cm³/mol. The number of likely N-dealkylation sites (tertiary alicyclic amines) is 1. The first-order valence-electron chi connectivity index (χ1n) is 9.57. The molecule has 1 fully saturated rings. The number of carbonyl (C=O) groups excluding carboxylic acids is 1. The van der Waals surface area contributed by atoms with Crippen molar-refractivity contribution in [2.45, 2.75) is 19.4 Å². The minimum atomic E-state index is -0.0437. The normalized spacial score (nSPS) is 17.6. The number of piperidine rings is 1. The van der Waals surface area contributed by atoms with Crippen molar-refractivity contribution in [2.24, 2.45) is 5.92 Å². The van der Waals surface area contributed by atoms with Crippen molar-refractivity contribution in [3.8, 4) is 5.75 Å². The van der Waals surface area contributed by atoms with Gasteiger partial charge in [-0.25, -0.2) is 0 Å². The summed E-state index contributed by atoms with van der Waals surface area (Å²) >= 11 is 6.12. The summed E-state index contributed by atoms with van der Waals surface area (Å²) in [6.45, 7) is 2.58. The number of carbonyl (C=O) groups is 1. The van der Waals surface area contributed by atoms with Crippen LogP contribution in [0.4, 0.5) is 0 Å². The Labute approximate surface area is 170 Å². The molecule has 2 heterocycles. The highest BCUT2D eigenvalue weighted by molar-refractivity contribution is 6.31. The van der Waals surface area contributed by atoms with E-state index >= 15 is 0 Å². The van der Waals surface area contributed by atoms with E-state index in [0.29, 0.717) is 16.3 Å². The maximum Gasteiger partial charge on any atom is 0.170 e. The zero-order chi connectivity index (χ0) is 19.5. The van der Waals surface area contributed by atoms with Crippen LogP contribution in [0.3, 0.4) is 0 Å². The van der Waals surface area contributed by atoms with Gasteiger partial charge in [0.25, 0.3) is 0 Å². The number of rotatable bonds is 5. The van der Waals surface area contributed by atoms with Crippen molar-refractivity contribution in [1.82, 2.24) is 9.88 Å². The molecule has 144 valence electrons. The van der Waals surface area contributed by atoms with E-state index in [1.54, 1.807) is 25.3 Å². The predicted octanol–water partition coefficient (Wildman–Crippen LogP) is 4.99. The maximum atomic E-state index is 13.2. The number of Topliss-reactive ketones (excluding diaryl/α,β-unsaturated/α-hetero) is 1. The number of benzene rings is 2. The molecule has 1 aliphatic heterocycles. The monoisotopic (exact) mass is 394 g/mol. The number of hydrogen-bond donors (Lipinski definition) is 0. The van der Waals surface area contributed by atoms with E-state index in [4.69, 9.17) is 16.3 Å². The summed E-state index contributed by atoms with van der Waals surface area (Å²) in [7, 11) is 1.59. The van der Waals surface area contributed by atoms with Gasteiger partial charge in [0.05, 0.1) is 12.7 Å². The third kappa shape index (κ3) is 3.89. The van der Waals surface area contributed by atoms with E-state index in [0.717, 1.165) is 37.9 Å². The summed E-state index contributed by atoms with van der Waals surface area (Å²) < 4.78 is 5.38. The Balaban J connectivity index is 1.53. The Morgan fingerprint density at radius 3 is 3.04 bits per heavy atom. The molecule has 0 N–H and O–H groups in total. The van der Waals surface area contributed by atoms with Gasteiger partial charge in [-0.1, -0.05) is 29.8 Å². The van der Waals surface area contributed by atoms with Gasteiger partial charge in [-0.3, -0.25) is 14.7 Å². The van der Waals surface area contributed by atoms with Gasteiger partial charge in [-0.15, -0.1) is 0 Å². The summed E-state index contributed by atoms with van der Waals surface area (Å²) in [4.78, 5) is 19.8. The van der Waals surface area contributed by atoms with Gasteiger partial charge in [-0.05, 0) is 54.6 Å². The average molecular weight is 395 g/mol. The maximum absolute atomic E-state index is 13.2. The molecular formula is C23H23ClN2O2. The molecule has 0 radical (unpaired) electrons. The number of methoxy groups -OCH3 is 1. The lowest BCUT2D eigenvalue weighted by atomic mass is 9.89. The van der Waals surface area contributed by atoms with E-state index < -0.39 is 0 Å². The summed E-state index contributed by atoms with van der Waals surface area (Å²) in [5, 5.41) is 2.93. The number of nitrogens with zero attached hydrogens (tertiary/aromatic N) is 2. The number of fused-ring (bicyclic) bond motifs is 1. The molecule has 1 aliphatic rings. The molecule has 1 unspecified atom stereocenters. The van der Waals surface area contributed by atoms with Crippen LogP contribution in [-0.2, 0) is 6.54 Å². The largest absolute Gasteiger partial charge is 0.496 e. The van der Waals surface area contributed by atoms with Gasteiger partial charge < -0.3 is 4.74 Å². The average Bonchev–Trinajstić information content (AvgIpc) is 2.74. The lowest BCUT2D eigenvalue weighted by Crippen LogP contribution is -2.38. The standard InChI is InChI=1S/C23H23ClN2O2/c1-28-22-8-7-19(24)12-21(22)23(27)18-6-3-11-26(15-18)14-17-5-2-4-16-13-25-10-9-20(16)17/h2,4-5,7-10,12-13,18H,3,6,11,14-15H2,1H3. The number of hydrogen-bond acceptors (Lipinski definition) is 4. The second-order valence-electron chi connectivity index (χ2n) is 7.30. The van der Waals surface area contributed by atoms with Crippen LogP contribution in [0, 0.1) is 5.92 Å². The number of aromatic nitrogens is 1. The minimum absolute atomic E-state index is 0.0437. The second-order valence-corrected chi connectivity index (χ2v) is 7.73. The first kappa shape index (κ1) is 18.9. The van der Waals surface area contributed by atoms with Crippen molar-refractivity contribution in [1.29, 1.82) is 0 Å². The number of halogens is 1. The molecule has 4 rings (SSSR count). The Hall–Kier alpha value is -2.43. The number of ether oxygens (including phenoxy) is 1. The lowest BCUT2D eigenvalue weighted by Gasteiger charge is -2.32. The molecule has 2 aromatic carbocycles. The first-order valence-corrected chi connectivity index (χ1v) is 9.95. The van der Waals surface area contributed by atoms with Gasteiger partial charge in [0, 0.05) is 41.8 Å². The molecule has 0 bridgehead atoms. The quantitative estimate of drug-likeness (QED) is 0.571. The molecule has 1 atom stereocenters. The van der Waals surface area contributed by atoms with Crippen LogP contribution in [0.15, 0.2) is 54.9 Å². The zero-order valence-corrected chi connectivity index (χ0v) is 16.7. The highest BCUT2D eigenvalue weighted by Crippen LogP contribution is 2.29. The Bertz CT molecular complexity index is 1000. The third-order valence-corrected chi connectivity index (χ3v) is 5.70. The topological polar surface area (TPSA) is 42.4 Å². The molecule has 0 aliphatic carbocycles. The smallest absolute Gasteiger partial charge is 0.170 e. The van der Waals surface area contributed by atoms with Gasteiger partial charge in [0.15, 0.2) is 5.78 Å². The zero-order valence-electron chi connectivity index (χ0n) is 15.9. The molecule has 4 nitrogen and oxygen atoms in total. The Morgan fingerprint density at radius 1 is 1.29 bits per heavy atom. The summed E-state index contributed by atoms with van der Waals surface area (Å²) in [6.07, 6.45) is 5.63. The highest BCUT2D eigenvalue weighted by atomic mass is 35.5. The van der Waals surface area contributed by atoms with Gasteiger partial charge in [-0.2, -0.15) is 0 Å². The fraction of sp³-hybridized carbons (Fsp3) is 0.304. The molecular weight excluding hydrogens is 372 g/mol. The Morgan fingerprint density at radius 2 is 2.18 bits per heavy atom. The minimum Gasteiger partial charge on any atom is -0.496 e. The van der Waals surface area contributed by atoms with Crippen molar-refractivity contribution in [3.05, 3.63) is 71.0 Å². The van der Waals surface area contributed by atoms with Crippen LogP contribution in [0.25, 0.3) is 10.8 Å². The first-order chi connectivity index (χ1) is 13.7. The second kappa shape index (κ2) is 8.29. The molecule has 0 saturated carbocycles. The SMILES string of the molecule is COc1ccc(Cl)cc1C(=O)C1CCCN(Cc2cccc3cnccc23)C1. The van der Waals surface area contributed by atoms with Crippen LogP contribution in [0.1, 0.15) is 28.8 Å². The van der Waals surface area contributed by atoms with Gasteiger partial charge >= 0.3 is 0 Å². The van der Waals surface area contributed by atoms with Crippen molar-refractivity contribution in [2.75, 3.05) is 20.2 Å². The van der Waals surface area contributed by atoms with Crippen molar-refractivity contribution in [3.63, 3.8) is 0 Å². The number of ketones is 1. The highest BCUT2D eigenvalue weighted by Gasteiger charge is 2.28. The fourth-order valence-corrected chi connectivity index (χ4v) is 4.25. The molecule has 28 heavy (non-hydrogen) atoms. The van der Waals surface area contributed by atoms with Crippen molar-refractivity contribution < 1.29 is 9.53 Å². The number of pyridine rings is 1. The van der Waals surface area contributed by atoms with Crippen LogP contribution < -0.4 is 4.74 Å². The van der Waals surface area contributed by atoms with E-state index in [2.05, 4.69) is 34.1 Å². The van der Waals surface area contributed by atoms with Crippen LogP contribution >= 0.6 is 11.6 Å². The molecule has 5 heteroatoms. The molecule has 3 aromatic rings. The molecule has 1 aromatic heterocycles. The Kier molecular flexibility index (Phi) is 5.60. The van der Waals surface area contributed by atoms with E-state index in [1.165, 1.54) is 10.9 Å². The van der Waals surface area contributed by atoms with Crippen LogP contribution in [-0.4, -0.2) is 35.9 Å². The van der Waals surface area contributed by atoms with Crippen LogP contribution in [0.5, 0.6) is 5.75 Å². The van der Waals surface area contributed by atoms with E-state index in [-0.39, 0.29) is 11.7 Å². The molecule has 0 spiro atoms. The summed E-state index contributed by atoms with van der Waals surface area (Å²) in [5.74, 6) is 0.664. The fourth-order valence-electron chi connectivity index (χ4n) is 4.07. The third-order valence-electron chi connectivity index (χ3n) is 5.47. The van der Waals surface area contributed by atoms with Crippen molar-refractivity contribution >= 4 is 28.2 Å². The van der Waals surface area contributed by atoms with Gasteiger partial charge in [0.1, 0.15) is 5.75 Å². The summed E-state index contributed by atoms with van der Waals surface area (Å²) in [5.41, 5.74) is 1.85. The molecule has 1 saturated heterocycles.